The first kappa shape index (κ1) is 35.7. The highest BCUT2D eigenvalue weighted by Crippen LogP contribution is 2.50. The van der Waals surface area contributed by atoms with Crippen LogP contribution in [0.1, 0.15) is 0 Å². The van der Waals surface area contributed by atoms with Crippen LogP contribution in [-0.4, -0.2) is 15.0 Å². The van der Waals surface area contributed by atoms with Crippen molar-refractivity contribution < 1.29 is 0 Å². The molecular formula is C59H37N3. The fraction of sp³-hybridized carbons (Fsp3) is 0. The summed E-state index contributed by atoms with van der Waals surface area (Å²) >= 11 is 0. The standard InChI is InChI=1S/C59H37N3/c1-3-18-38(19-4-1)40-22-17-23-42(36-40)58-60-57(39-20-5-2-6-21-39)61-59(62-58)56-52-32-15-13-30-50(52)55(51-31-14-16-33-53(51)56)41-34-35-49-47-28-10-9-26-45(47)43-24-7-8-25-44(43)46-27-11-12-29-48(46)54(49)37-41/h1-37H. The number of rotatable bonds is 5. The Morgan fingerprint density at radius 2 is 0.565 bits per heavy atom. The summed E-state index contributed by atoms with van der Waals surface area (Å²) in [6.45, 7) is 0. The van der Waals surface area contributed by atoms with Crippen LogP contribution in [0.4, 0.5) is 0 Å². The number of aromatic nitrogens is 3. The average molecular weight is 788 g/mol. The van der Waals surface area contributed by atoms with E-state index < -0.39 is 0 Å². The lowest BCUT2D eigenvalue weighted by Gasteiger charge is -2.24. The molecule has 0 saturated carbocycles. The van der Waals surface area contributed by atoms with Crippen LogP contribution in [0.2, 0.25) is 0 Å². The Balaban J connectivity index is 1.11. The van der Waals surface area contributed by atoms with Gasteiger partial charge in [0.2, 0.25) is 0 Å². The molecule has 3 heteroatoms. The predicted octanol–water partition coefficient (Wildman–Crippen LogP) is 15.5. The van der Waals surface area contributed by atoms with Crippen LogP contribution in [0, 0.1) is 0 Å². The van der Waals surface area contributed by atoms with Crippen molar-refractivity contribution in [3.63, 3.8) is 0 Å². The molecule has 0 atom stereocenters. The molecule has 11 aromatic rings. The Bertz CT molecular complexity index is 3460. The Morgan fingerprint density at radius 3 is 1.10 bits per heavy atom. The van der Waals surface area contributed by atoms with Crippen molar-refractivity contribution in [2.75, 3.05) is 0 Å². The summed E-state index contributed by atoms with van der Waals surface area (Å²) in [5.74, 6) is 1.90. The molecule has 0 spiro atoms. The van der Waals surface area contributed by atoms with Gasteiger partial charge in [-0.2, -0.15) is 0 Å². The van der Waals surface area contributed by atoms with Gasteiger partial charge >= 0.3 is 0 Å². The van der Waals surface area contributed by atoms with Crippen molar-refractivity contribution in [1.82, 2.24) is 15.0 Å². The van der Waals surface area contributed by atoms with Crippen molar-refractivity contribution in [3.8, 4) is 101 Å². The van der Waals surface area contributed by atoms with Gasteiger partial charge in [0.05, 0.1) is 0 Å². The second kappa shape index (κ2) is 14.8. The van der Waals surface area contributed by atoms with Crippen LogP contribution in [-0.2, 0) is 0 Å². The monoisotopic (exact) mass is 787 g/mol. The van der Waals surface area contributed by atoms with E-state index in [-0.39, 0.29) is 0 Å². The van der Waals surface area contributed by atoms with Crippen LogP contribution < -0.4 is 0 Å². The van der Waals surface area contributed by atoms with Crippen LogP contribution in [0.3, 0.4) is 0 Å². The number of fused-ring (bicyclic) bond motifs is 10. The first-order valence-corrected chi connectivity index (χ1v) is 21.1. The van der Waals surface area contributed by atoms with Crippen molar-refractivity contribution in [3.05, 3.63) is 224 Å². The Hall–Kier alpha value is -8.27. The third-order valence-corrected chi connectivity index (χ3v) is 12.3. The molecule has 12 rings (SSSR count). The lowest BCUT2D eigenvalue weighted by Crippen LogP contribution is -2.02. The highest BCUT2D eigenvalue weighted by molar-refractivity contribution is 6.21. The van der Waals surface area contributed by atoms with Crippen LogP contribution in [0.5, 0.6) is 0 Å². The van der Waals surface area contributed by atoms with E-state index in [0.29, 0.717) is 17.5 Å². The predicted molar refractivity (Wildman–Crippen MR) is 257 cm³/mol. The van der Waals surface area contributed by atoms with Gasteiger partial charge in [0, 0.05) is 16.7 Å². The van der Waals surface area contributed by atoms with Crippen molar-refractivity contribution >= 4 is 21.5 Å². The van der Waals surface area contributed by atoms with Crippen LogP contribution in [0.25, 0.3) is 122 Å². The third-order valence-electron chi connectivity index (χ3n) is 12.3. The van der Waals surface area contributed by atoms with E-state index in [1.165, 1.54) is 50.1 Å². The third kappa shape index (κ3) is 5.94. The van der Waals surface area contributed by atoms with Gasteiger partial charge in [0.1, 0.15) is 0 Å². The second-order valence-corrected chi connectivity index (χ2v) is 15.9. The van der Waals surface area contributed by atoms with E-state index in [2.05, 4.69) is 200 Å². The van der Waals surface area contributed by atoms with Gasteiger partial charge < -0.3 is 0 Å². The summed E-state index contributed by atoms with van der Waals surface area (Å²) in [6.07, 6.45) is 0. The van der Waals surface area contributed by atoms with E-state index in [4.69, 9.17) is 15.0 Å². The second-order valence-electron chi connectivity index (χ2n) is 15.9. The van der Waals surface area contributed by atoms with Gasteiger partial charge in [-0.3, -0.25) is 0 Å². The van der Waals surface area contributed by atoms with Crippen LogP contribution >= 0.6 is 0 Å². The normalized spacial score (nSPS) is 11.5. The molecule has 1 aliphatic carbocycles. The maximum absolute atomic E-state index is 5.36. The highest BCUT2D eigenvalue weighted by Gasteiger charge is 2.24. The molecule has 0 unspecified atom stereocenters. The zero-order chi connectivity index (χ0) is 41.0. The van der Waals surface area contributed by atoms with E-state index in [0.717, 1.165) is 54.9 Å². The molecule has 62 heavy (non-hydrogen) atoms. The van der Waals surface area contributed by atoms with Gasteiger partial charge in [-0.05, 0) is 100 Å². The van der Waals surface area contributed by atoms with Gasteiger partial charge in [-0.25, -0.2) is 15.0 Å². The molecule has 288 valence electrons. The molecule has 0 fully saturated rings. The number of nitrogens with zero attached hydrogens (tertiary/aromatic N) is 3. The van der Waals surface area contributed by atoms with E-state index >= 15 is 0 Å². The molecule has 1 heterocycles. The van der Waals surface area contributed by atoms with Crippen LogP contribution in [0.15, 0.2) is 224 Å². The lowest BCUT2D eigenvalue weighted by atomic mass is 9.79. The zero-order valence-corrected chi connectivity index (χ0v) is 33.7. The molecule has 10 aromatic carbocycles. The van der Waals surface area contributed by atoms with Gasteiger partial charge in [-0.15, -0.1) is 0 Å². The summed E-state index contributed by atoms with van der Waals surface area (Å²) in [7, 11) is 0. The maximum atomic E-state index is 5.36. The summed E-state index contributed by atoms with van der Waals surface area (Å²) in [5, 5.41) is 4.45. The summed E-state index contributed by atoms with van der Waals surface area (Å²) < 4.78 is 0. The van der Waals surface area contributed by atoms with Crippen molar-refractivity contribution in [2.24, 2.45) is 0 Å². The zero-order valence-electron chi connectivity index (χ0n) is 33.7. The molecule has 0 aliphatic heterocycles. The summed E-state index contributed by atoms with van der Waals surface area (Å²) in [6, 6.07) is 80.2. The Morgan fingerprint density at radius 1 is 0.194 bits per heavy atom. The first-order valence-electron chi connectivity index (χ1n) is 21.1. The molecular weight excluding hydrogens is 751 g/mol. The highest BCUT2D eigenvalue weighted by atomic mass is 15.0. The molecule has 1 aromatic heterocycles. The summed E-state index contributed by atoms with van der Waals surface area (Å²) in [5.41, 5.74) is 17.3. The molecule has 0 bridgehead atoms. The minimum absolute atomic E-state index is 0.631. The maximum Gasteiger partial charge on any atom is 0.165 e. The Kier molecular flexibility index (Phi) is 8.50. The van der Waals surface area contributed by atoms with E-state index in [1.807, 2.05) is 24.3 Å². The number of hydrogen-bond donors (Lipinski definition) is 0. The first-order chi connectivity index (χ1) is 30.8. The average Bonchev–Trinajstić information content (AvgIpc) is 3.35. The molecule has 0 radical (unpaired) electrons. The Labute approximate surface area is 360 Å². The lowest BCUT2D eigenvalue weighted by molar-refractivity contribution is 1.08. The smallest absolute Gasteiger partial charge is 0.165 e. The fourth-order valence-electron chi connectivity index (χ4n) is 9.50. The molecule has 0 saturated heterocycles. The van der Waals surface area contributed by atoms with Gasteiger partial charge in [0.25, 0.3) is 0 Å². The fourth-order valence-corrected chi connectivity index (χ4v) is 9.50. The number of benzene rings is 10. The molecule has 0 amide bonds. The van der Waals surface area contributed by atoms with E-state index in [1.54, 1.807) is 0 Å². The van der Waals surface area contributed by atoms with Crippen molar-refractivity contribution in [2.45, 2.75) is 0 Å². The SMILES string of the molecule is c1ccc(-c2cccc(-c3nc(-c4ccccc4)nc(-c4c5ccccc5c(-c5ccc6c(c5)-c5ccccc5-c5ccccc5-c5ccccc5-6)c5ccccc45)n3)c2)cc1. The molecule has 3 nitrogen and oxygen atoms in total. The van der Waals surface area contributed by atoms with Crippen molar-refractivity contribution in [1.29, 1.82) is 0 Å². The molecule has 1 aliphatic rings. The largest absolute Gasteiger partial charge is 0.208 e. The topological polar surface area (TPSA) is 38.7 Å². The minimum Gasteiger partial charge on any atom is -0.208 e. The van der Waals surface area contributed by atoms with Gasteiger partial charge in [0.15, 0.2) is 17.5 Å². The number of hydrogen-bond acceptors (Lipinski definition) is 3. The molecule has 0 N–H and O–H groups in total. The summed E-state index contributed by atoms with van der Waals surface area (Å²) in [4.78, 5) is 15.8. The van der Waals surface area contributed by atoms with E-state index in [9.17, 15) is 0 Å². The quantitative estimate of drug-likeness (QED) is 0.163. The van der Waals surface area contributed by atoms with Gasteiger partial charge in [-0.1, -0.05) is 212 Å². The minimum atomic E-state index is 0.631.